The van der Waals surface area contributed by atoms with Gasteiger partial charge in [-0.05, 0) is 37.5 Å². The van der Waals surface area contributed by atoms with Gasteiger partial charge in [-0.15, -0.1) is 0 Å². The standard InChI is InChI=1S/C15H20BrNO2/c1-15(14(18)19-2,10-11-5-3-6-11)17-13-8-4-7-12(16)9-13/h4,7-9,11,17H,3,5-6,10H2,1-2H3. The molecule has 1 aromatic carbocycles. The quantitative estimate of drug-likeness (QED) is 0.832. The number of hydrogen-bond donors (Lipinski definition) is 1. The van der Waals surface area contributed by atoms with Crippen LogP contribution in [0.25, 0.3) is 0 Å². The van der Waals surface area contributed by atoms with Crippen LogP contribution in [0.3, 0.4) is 0 Å². The third-order valence-corrected chi connectivity index (χ3v) is 4.30. The molecule has 1 N–H and O–H groups in total. The van der Waals surface area contributed by atoms with Gasteiger partial charge in [-0.3, -0.25) is 0 Å². The Hall–Kier alpha value is -1.03. The highest BCUT2D eigenvalue weighted by Crippen LogP contribution is 2.35. The Bertz CT molecular complexity index is 459. The maximum absolute atomic E-state index is 12.1. The van der Waals surface area contributed by atoms with Crippen molar-refractivity contribution in [2.24, 2.45) is 5.92 Å². The first kappa shape index (κ1) is 14.4. The molecule has 1 saturated carbocycles. The van der Waals surface area contributed by atoms with E-state index in [1.807, 2.05) is 31.2 Å². The summed E-state index contributed by atoms with van der Waals surface area (Å²) >= 11 is 3.44. The largest absolute Gasteiger partial charge is 0.467 e. The zero-order chi connectivity index (χ0) is 13.9. The van der Waals surface area contributed by atoms with E-state index in [0.717, 1.165) is 16.6 Å². The lowest BCUT2D eigenvalue weighted by Gasteiger charge is -2.36. The van der Waals surface area contributed by atoms with E-state index in [9.17, 15) is 4.79 Å². The Morgan fingerprint density at radius 2 is 2.26 bits per heavy atom. The molecule has 1 aromatic rings. The van der Waals surface area contributed by atoms with Crippen LogP contribution in [-0.2, 0) is 9.53 Å². The van der Waals surface area contributed by atoms with Crippen LogP contribution in [0.2, 0.25) is 0 Å². The second-order valence-electron chi connectivity index (χ2n) is 5.46. The third-order valence-electron chi connectivity index (χ3n) is 3.80. The molecule has 19 heavy (non-hydrogen) atoms. The SMILES string of the molecule is COC(=O)C(C)(CC1CCC1)Nc1cccc(Br)c1. The molecule has 0 saturated heterocycles. The number of esters is 1. The highest BCUT2D eigenvalue weighted by Gasteiger charge is 2.38. The van der Waals surface area contributed by atoms with Gasteiger partial charge in [0.25, 0.3) is 0 Å². The van der Waals surface area contributed by atoms with E-state index in [-0.39, 0.29) is 5.97 Å². The molecule has 1 aliphatic rings. The van der Waals surface area contributed by atoms with Gasteiger partial charge in [-0.2, -0.15) is 0 Å². The lowest BCUT2D eigenvalue weighted by atomic mass is 9.76. The molecular formula is C15H20BrNO2. The highest BCUT2D eigenvalue weighted by molar-refractivity contribution is 9.10. The molecule has 104 valence electrons. The number of carbonyl (C=O) groups excluding carboxylic acids is 1. The zero-order valence-electron chi connectivity index (χ0n) is 11.4. The van der Waals surface area contributed by atoms with E-state index in [1.165, 1.54) is 26.4 Å². The zero-order valence-corrected chi connectivity index (χ0v) is 13.0. The number of halogens is 1. The summed E-state index contributed by atoms with van der Waals surface area (Å²) in [6, 6.07) is 7.86. The van der Waals surface area contributed by atoms with E-state index in [4.69, 9.17) is 4.74 Å². The Balaban J connectivity index is 2.14. The number of nitrogens with one attached hydrogen (secondary N) is 1. The van der Waals surface area contributed by atoms with Crippen molar-refractivity contribution in [2.45, 2.75) is 38.1 Å². The van der Waals surface area contributed by atoms with Crippen LogP contribution in [0.4, 0.5) is 5.69 Å². The van der Waals surface area contributed by atoms with Crippen molar-refractivity contribution in [3.05, 3.63) is 28.7 Å². The van der Waals surface area contributed by atoms with Crippen molar-refractivity contribution in [3.8, 4) is 0 Å². The molecule has 0 bridgehead atoms. The van der Waals surface area contributed by atoms with E-state index in [2.05, 4.69) is 21.2 Å². The van der Waals surface area contributed by atoms with Gasteiger partial charge in [-0.25, -0.2) is 4.79 Å². The third kappa shape index (κ3) is 3.50. The summed E-state index contributed by atoms with van der Waals surface area (Å²) in [4.78, 5) is 12.1. The van der Waals surface area contributed by atoms with Gasteiger partial charge in [0.05, 0.1) is 7.11 Å². The summed E-state index contributed by atoms with van der Waals surface area (Å²) in [7, 11) is 1.45. The van der Waals surface area contributed by atoms with E-state index < -0.39 is 5.54 Å². The number of benzene rings is 1. The summed E-state index contributed by atoms with van der Waals surface area (Å²) in [6.07, 6.45) is 4.53. The fourth-order valence-corrected chi connectivity index (χ4v) is 2.97. The first-order chi connectivity index (χ1) is 9.03. The summed E-state index contributed by atoms with van der Waals surface area (Å²) < 4.78 is 5.97. The second kappa shape index (κ2) is 5.95. The molecule has 1 aliphatic carbocycles. The number of methoxy groups -OCH3 is 1. The van der Waals surface area contributed by atoms with Crippen LogP contribution in [0.15, 0.2) is 28.7 Å². The molecular weight excluding hydrogens is 306 g/mol. The summed E-state index contributed by atoms with van der Waals surface area (Å²) in [6.45, 7) is 1.93. The van der Waals surface area contributed by atoms with Crippen molar-refractivity contribution in [1.29, 1.82) is 0 Å². The molecule has 1 atom stereocenters. The van der Waals surface area contributed by atoms with Crippen molar-refractivity contribution < 1.29 is 9.53 Å². The predicted molar refractivity (Wildman–Crippen MR) is 80.1 cm³/mol. The van der Waals surface area contributed by atoms with Gasteiger partial charge < -0.3 is 10.1 Å². The molecule has 0 heterocycles. The summed E-state index contributed by atoms with van der Waals surface area (Å²) in [5.41, 5.74) is 0.280. The fraction of sp³-hybridized carbons (Fsp3) is 0.533. The Kier molecular flexibility index (Phi) is 4.50. The second-order valence-corrected chi connectivity index (χ2v) is 6.38. The molecule has 1 fully saturated rings. The first-order valence-corrected chi connectivity index (χ1v) is 7.45. The van der Waals surface area contributed by atoms with Gasteiger partial charge in [0.15, 0.2) is 0 Å². The molecule has 0 radical (unpaired) electrons. The topological polar surface area (TPSA) is 38.3 Å². The van der Waals surface area contributed by atoms with Gasteiger partial charge in [0.2, 0.25) is 0 Å². The maximum atomic E-state index is 12.1. The van der Waals surface area contributed by atoms with Crippen molar-refractivity contribution >= 4 is 27.6 Å². The van der Waals surface area contributed by atoms with E-state index >= 15 is 0 Å². The van der Waals surface area contributed by atoms with Crippen molar-refractivity contribution in [3.63, 3.8) is 0 Å². The van der Waals surface area contributed by atoms with Crippen LogP contribution in [0, 0.1) is 5.92 Å². The van der Waals surface area contributed by atoms with Crippen LogP contribution in [0.1, 0.15) is 32.6 Å². The molecule has 3 nitrogen and oxygen atoms in total. The summed E-state index contributed by atoms with van der Waals surface area (Å²) in [5.74, 6) is 0.433. The molecule has 2 rings (SSSR count). The predicted octanol–water partition coefficient (Wildman–Crippen LogP) is 3.98. The smallest absolute Gasteiger partial charge is 0.331 e. The van der Waals surface area contributed by atoms with Crippen molar-refractivity contribution in [2.75, 3.05) is 12.4 Å². The van der Waals surface area contributed by atoms with Gasteiger partial charge >= 0.3 is 5.97 Å². The minimum absolute atomic E-state index is 0.195. The molecule has 0 aromatic heterocycles. The first-order valence-electron chi connectivity index (χ1n) is 6.66. The fourth-order valence-electron chi connectivity index (χ4n) is 2.57. The number of ether oxygens (including phenoxy) is 1. The molecule has 4 heteroatoms. The highest BCUT2D eigenvalue weighted by atomic mass is 79.9. The minimum atomic E-state index is -0.652. The average molecular weight is 326 g/mol. The Labute approximate surface area is 122 Å². The van der Waals surface area contributed by atoms with Crippen LogP contribution in [0.5, 0.6) is 0 Å². The number of carbonyl (C=O) groups is 1. The number of anilines is 1. The van der Waals surface area contributed by atoms with Gasteiger partial charge in [0, 0.05) is 10.2 Å². The summed E-state index contributed by atoms with van der Waals surface area (Å²) in [5, 5.41) is 3.34. The van der Waals surface area contributed by atoms with Crippen molar-refractivity contribution in [1.82, 2.24) is 0 Å². The lowest BCUT2D eigenvalue weighted by molar-refractivity contribution is -0.146. The number of hydrogen-bond acceptors (Lipinski definition) is 3. The van der Waals surface area contributed by atoms with Gasteiger partial charge in [0.1, 0.15) is 5.54 Å². The van der Waals surface area contributed by atoms with E-state index in [0.29, 0.717) is 5.92 Å². The van der Waals surface area contributed by atoms with Crippen LogP contribution >= 0.6 is 15.9 Å². The monoisotopic (exact) mass is 325 g/mol. The molecule has 0 amide bonds. The maximum Gasteiger partial charge on any atom is 0.331 e. The number of rotatable bonds is 5. The molecule has 0 aliphatic heterocycles. The normalized spacial score (nSPS) is 18.3. The Morgan fingerprint density at radius 3 is 2.79 bits per heavy atom. The minimum Gasteiger partial charge on any atom is -0.467 e. The molecule has 1 unspecified atom stereocenters. The van der Waals surface area contributed by atoms with Gasteiger partial charge in [-0.1, -0.05) is 41.3 Å². The Morgan fingerprint density at radius 1 is 1.53 bits per heavy atom. The van der Waals surface area contributed by atoms with Crippen LogP contribution < -0.4 is 5.32 Å². The van der Waals surface area contributed by atoms with Crippen LogP contribution in [-0.4, -0.2) is 18.6 Å². The molecule has 0 spiro atoms. The average Bonchev–Trinajstić information content (AvgIpc) is 2.33. The van der Waals surface area contributed by atoms with E-state index in [1.54, 1.807) is 0 Å². The lowest BCUT2D eigenvalue weighted by Crippen LogP contribution is -2.46.